The van der Waals surface area contributed by atoms with E-state index in [2.05, 4.69) is 4.74 Å². The van der Waals surface area contributed by atoms with Crippen molar-refractivity contribution in [2.45, 2.75) is 40.0 Å². The average Bonchev–Trinajstić information content (AvgIpc) is 2.60. The fourth-order valence-electron chi connectivity index (χ4n) is 3.16. The van der Waals surface area contributed by atoms with Crippen molar-refractivity contribution < 1.29 is 32.6 Å². The third kappa shape index (κ3) is 5.73. The molecule has 1 N–H and O–H groups in total. The Morgan fingerprint density at radius 2 is 1.83 bits per heavy atom. The van der Waals surface area contributed by atoms with Gasteiger partial charge in [-0.3, -0.25) is 14.5 Å². The second kappa shape index (κ2) is 8.98. The Hall–Kier alpha value is -3.03. The van der Waals surface area contributed by atoms with E-state index < -0.39 is 29.9 Å². The van der Waals surface area contributed by atoms with Crippen LogP contribution in [0.3, 0.4) is 0 Å². The summed E-state index contributed by atoms with van der Waals surface area (Å²) in [7, 11) is 0. The Bertz CT molecular complexity index is 896. The van der Waals surface area contributed by atoms with Crippen LogP contribution in [0.4, 0.5) is 24.5 Å². The molecule has 29 heavy (non-hydrogen) atoms. The van der Waals surface area contributed by atoms with Crippen LogP contribution in [0.5, 0.6) is 5.75 Å². The first-order chi connectivity index (χ1) is 13.5. The maximum absolute atomic E-state index is 12.6. The number of aryl methyl sites for hydroxylation is 1. The van der Waals surface area contributed by atoms with Crippen LogP contribution in [-0.2, 0) is 16.0 Å². The van der Waals surface area contributed by atoms with Crippen molar-refractivity contribution in [1.82, 2.24) is 0 Å². The molecule has 156 valence electrons. The van der Waals surface area contributed by atoms with E-state index in [0.29, 0.717) is 23.2 Å². The molecule has 0 aliphatic rings. The van der Waals surface area contributed by atoms with Crippen LogP contribution in [0.1, 0.15) is 31.4 Å². The predicted octanol–water partition coefficient (Wildman–Crippen LogP) is 5.23. The van der Waals surface area contributed by atoms with Crippen LogP contribution >= 0.6 is 0 Å². The molecule has 2 aromatic carbocycles. The lowest BCUT2D eigenvalue weighted by Gasteiger charge is -2.27. The van der Waals surface area contributed by atoms with Crippen LogP contribution in [0, 0.1) is 12.8 Å². The molecule has 1 amide bonds. The number of hydrogen-bond acceptors (Lipinski definition) is 3. The number of amides is 1. The Balaban J connectivity index is 2.56. The molecule has 0 bridgehead atoms. The number of nitrogens with zero attached hydrogens (tertiary/aromatic N) is 1. The maximum atomic E-state index is 12.6. The molecule has 0 saturated heterocycles. The molecule has 5 nitrogen and oxygen atoms in total. The van der Waals surface area contributed by atoms with Gasteiger partial charge in [-0.1, -0.05) is 31.2 Å². The number of carbonyl (C=O) groups is 2. The van der Waals surface area contributed by atoms with Crippen molar-refractivity contribution in [3.8, 4) is 5.75 Å². The monoisotopic (exact) mass is 409 g/mol. The minimum atomic E-state index is -4.86. The van der Waals surface area contributed by atoms with Crippen molar-refractivity contribution in [2.24, 2.45) is 5.92 Å². The van der Waals surface area contributed by atoms with E-state index >= 15 is 0 Å². The molecule has 0 aliphatic heterocycles. The minimum Gasteiger partial charge on any atom is -0.481 e. The maximum Gasteiger partial charge on any atom is 0.573 e. The van der Waals surface area contributed by atoms with Gasteiger partial charge in [0.05, 0.1) is 17.3 Å². The summed E-state index contributed by atoms with van der Waals surface area (Å²) in [5, 5.41) is 9.40. The topological polar surface area (TPSA) is 66.8 Å². The zero-order valence-electron chi connectivity index (χ0n) is 16.3. The van der Waals surface area contributed by atoms with Gasteiger partial charge in [0, 0.05) is 13.0 Å². The highest BCUT2D eigenvalue weighted by molar-refractivity contribution is 6.00. The average molecular weight is 409 g/mol. The molecule has 0 unspecified atom stereocenters. The predicted molar refractivity (Wildman–Crippen MR) is 102 cm³/mol. The number of benzene rings is 2. The van der Waals surface area contributed by atoms with E-state index in [9.17, 15) is 27.9 Å². The van der Waals surface area contributed by atoms with E-state index in [0.717, 1.165) is 12.1 Å². The lowest BCUT2D eigenvalue weighted by molar-refractivity contribution is -0.274. The fourth-order valence-corrected chi connectivity index (χ4v) is 3.16. The Kier molecular flexibility index (Phi) is 6.89. The zero-order valence-corrected chi connectivity index (χ0v) is 16.3. The Labute approximate surface area is 166 Å². The number of anilines is 2. The van der Waals surface area contributed by atoms with Gasteiger partial charge in [0.25, 0.3) is 0 Å². The first-order valence-corrected chi connectivity index (χ1v) is 9.01. The number of halogens is 3. The highest BCUT2D eigenvalue weighted by atomic mass is 19.4. The highest BCUT2D eigenvalue weighted by Gasteiger charge is 2.31. The number of aliphatic carboxylic acids is 1. The number of carbonyl (C=O) groups excluding carboxylic acids is 1. The smallest absolute Gasteiger partial charge is 0.481 e. The second-order valence-electron chi connectivity index (χ2n) is 6.63. The number of alkyl halides is 3. The van der Waals surface area contributed by atoms with Gasteiger partial charge < -0.3 is 9.84 Å². The molecule has 0 saturated carbocycles. The van der Waals surface area contributed by atoms with Gasteiger partial charge in [0.1, 0.15) is 5.75 Å². The Morgan fingerprint density at radius 3 is 2.38 bits per heavy atom. The zero-order chi connectivity index (χ0) is 21.8. The molecule has 0 aliphatic carbocycles. The van der Waals surface area contributed by atoms with Gasteiger partial charge in [-0.15, -0.1) is 13.2 Å². The molecule has 0 spiro atoms. The summed E-state index contributed by atoms with van der Waals surface area (Å²) in [5.74, 6) is -2.47. The van der Waals surface area contributed by atoms with Gasteiger partial charge in [-0.25, -0.2) is 0 Å². The number of para-hydroxylation sites is 1. The number of hydrogen-bond donors (Lipinski definition) is 1. The highest BCUT2D eigenvalue weighted by Crippen LogP contribution is 2.36. The summed E-state index contributed by atoms with van der Waals surface area (Å²) >= 11 is 0. The standard InChI is InChI=1S/C21H22F3NO4/c1-4-15(20(27)28)11-16-8-5-7-13(2)19(16)25(14(3)26)17-9-6-10-18(12-17)29-21(22,23)24/h5-10,12,15H,4,11H2,1-3H3,(H,27,28)/t15-/m0/s1. The van der Waals surface area contributed by atoms with Crippen molar-refractivity contribution >= 4 is 23.3 Å². The van der Waals surface area contributed by atoms with Crippen molar-refractivity contribution in [3.05, 3.63) is 53.6 Å². The summed E-state index contributed by atoms with van der Waals surface area (Å²) in [6.07, 6.45) is -4.27. The van der Waals surface area contributed by atoms with Gasteiger partial charge in [0.2, 0.25) is 5.91 Å². The largest absolute Gasteiger partial charge is 0.573 e. The van der Waals surface area contributed by atoms with Gasteiger partial charge in [-0.05, 0) is 43.0 Å². The summed E-state index contributed by atoms with van der Waals surface area (Å²) in [4.78, 5) is 25.2. The van der Waals surface area contributed by atoms with Crippen LogP contribution in [-0.4, -0.2) is 23.3 Å². The summed E-state index contributed by atoms with van der Waals surface area (Å²) < 4.78 is 41.7. The molecule has 1 atom stereocenters. The van der Waals surface area contributed by atoms with Crippen molar-refractivity contribution in [3.63, 3.8) is 0 Å². The van der Waals surface area contributed by atoms with Crippen molar-refractivity contribution in [1.29, 1.82) is 0 Å². The molecule has 2 rings (SSSR count). The molecule has 8 heteroatoms. The van der Waals surface area contributed by atoms with Gasteiger partial charge in [0.15, 0.2) is 0 Å². The van der Waals surface area contributed by atoms with E-state index in [1.807, 2.05) is 0 Å². The van der Waals surface area contributed by atoms with E-state index in [1.54, 1.807) is 32.0 Å². The number of ether oxygens (including phenoxy) is 1. The van der Waals surface area contributed by atoms with Crippen molar-refractivity contribution in [2.75, 3.05) is 4.90 Å². The first kappa shape index (κ1) is 22.3. The minimum absolute atomic E-state index is 0.186. The van der Waals surface area contributed by atoms with Gasteiger partial charge in [-0.2, -0.15) is 0 Å². The summed E-state index contributed by atoms with van der Waals surface area (Å²) in [5.41, 5.74) is 1.97. The molecule has 0 heterocycles. The number of carboxylic acids is 1. The second-order valence-corrected chi connectivity index (χ2v) is 6.63. The lowest BCUT2D eigenvalue weighted by Crippen LogP contribution is -2.26. The number of carboxylic acid groups (broad SMARTS) is 1. The molecule has 0 radical (unpaired) electrons. The van der Waals surface area contributed by atoms with E-state index in [1.165, 1.54) is 24.0 Å². The third-order valence-corrected chi connectivity index (χ3v) is 4.48. The Morgan fingerprint density at radius 1 is 1.17 bits per heavy atom. The molecule has 0 aromatic heterocycles. The third-order valence-electron chi connectivity index (χ3n) is 4.48. The van der Waals surface area contributed by atoms with Crippen LogP contribution < -0.4 is 9.64 Å². The molecular formula is C21H22F3NO4. The SMILES string of the molecule is CC[C@@H](Cc1cccc(C)c1N(C(C)=O)c1cccc(OC(F)(F)F)c1)C(=O)O. The first-order valence-electron chi connectivity index (χ1n) is 9.01. The lowest BCUT2D eigenvalue weighted by atomic mass is 9.93. The van der Waals surface area contributed by atoms with Crippen LogP contribution in [0.2, 0.25) is 0 Å². The molecule has 2 aromatic rings. The molecule has 0 fully saturated rings. The van der Waals surface area contributed by atoms with E-state index in [-0.39, 0.29) is 12.1 Å². The van der Waals surface area contributed by atoms with Crippen LogP contribution in [0.25, 0.3) is 0 Å². The fraction of sp³-hybridized carbons (Fsp3) is 0.333. The number of rotatable bonds is 7. The van der Waals surface area contributed by atoms with E-state index in [4.69, 9.17) is 0 Å². The quantitative estimate of drug-likeness (QED) is 0.680. The molecular weight excluding hydrogens is 387 g/mol. The summed E-state index contributed by atoms with van der Waals surface area (Å²) in [6, 6.07) is 10.4. The normalized spacial score (nSPS) is 12.3. The van der Waals surface area contributed by atoms with Gasteiger partial charge >= 0.3 is 12.3 Å². The van der Waals surface area contributed by atoms with Crippen LogP contribution in [0.15, 0.2) is 42.5 Å². The summed E-state index contributed by atoms with van der Waals surface area (Å²) in [6.45, 7) is 4.81.